The maximum absolute atomic E-state index is 4.78. The Kier molecular flexibility index (Phi) is 4.05. The molecule has 4 rings (SSSR count). The zero-order valence-corrected chi connectivity index (χ0v) is 13.3. The lowest BCUT2D eigenvalue weighted by Gasteiger charge is -2.13. The molecule has 3 aromatic rings. The molecule has 0 spiro atoms. The topological polar surface area (TPSA) is 30.2 Å². The number of para-hydroxylation sites is 3. The van der Waals surface area contributed by atoms with E-state index in [0.29, 0.717) is 0 Å². The van der Waals surface area contributed by atoms with Gasteiger partial charge < -0.3 is 4.57 Å². The van der Waals surface area contributed by atoms with Crippen molar-refractivity contribution in [3.8, 4) is 0 Å². The van der Waals surface area contributed by atoms with Gasteiger partial charge in [0.15, 0.2) is 0 Å². The highest BCUT2D eigenvalue weighted by Crippen LogP contribution is 2.22. The van der Waals surface area contributed by atoms with Crippen LogP contribution in [0.25, 0.3) is 17.1 Å². The van der Waals surface area contributed by atoms with Gasteiger partial charge in [-0.3, -0.25) is 4.99 Å². The molecule has 0 bridgehead atoms. The average molecular weight is 291 g/mol. The van der Waals surface area contributed by atoms with Gasteiger partial charge in [-0.2, -0.15) is 0 Å². The molecule has 1 aliphatic rings. The normalized spacial score (nSPS) is 16.0. The van der Waals surface area contributed by atoms with E-state index >= 15 is 0 Å². The minimum atomic E-state index is 0.252. The summed E-state index contributed by atoms with van der Waals surface area (Å²) in [5.74, 6) is 1.34. The van der Waals surface area contributed by atoms with Gasteiger partial charge >= 0.3 is 0 Å². The molecule has 0 N–H and O–H groups in total. The van der Waals surface area contributed by atoms with Crippen LogP contribution in [0.3, 0.4) is 0 Å². The van der Waals surface area contributed by atoms with E-state index in [1.54, 1.807) is 0 Å². The minimum Gasteiger partial charge on any atom is -0.331 e. The summed E-state index contributed by atoms with van der Waals surface area (Å²) >= 11 is 0. The van der Waals surface area contributed by atoms with Crippen LogP contribution in [0, 0.1) is 0 Å². The highest BCUT2D eigenvalue weighted by Gasteiger charge is 2.17. The summed E-state index contributed by atoms with van der Waals surface area (Å²) in [5, 5.41) is 2.29. The van der Waals surface area contributed by atoms with E-state index in [4.69, 9.17) is 4.98 Å². The number of benzene rings is 2. The van der Waals surface area contributed by atoms with Crippen molar-refractivity contribution in [3.63, 3.8) is 0 Å². The van der Waals surface area contributed by atoms with Crippen LogP contribution in [-0.2, 0) is 7.05 Å². The highest BCUT2D eigenvalue weighted by molar-refractivity contribution is 5.76. The SMILES string of the molecule is CC.Cn1c(C2C=c3ccccc3=NC2)nc2ccccc21. The van der Waals surface area contributed by atoms with Crippen molar-refractivity contribution >= 4 is 17.1 Å². The fourth-order valence-electron chi connectivity index (χ4n) is 2.89. The number of hydrogen-bond donors (Lipinski definition) is 0. The average Bonchev–Trinajstić information content (AvgIpc) is 2.94. The molecule has 0 amide bonds. The number of hydrogen-bond acceptors (Lipinski definition) is 2. The van der Waals surface area contributed by atoms with Gasteiger partial charge in [0.2, 0.25) is 0 Å². The molecular weight excluding hydrogens is 270 g/mol. The Bertz CT molecular complexity index is 906. The van der Waals surface area contributed by atoms with Crippen LogP contribution < -0.4 is 10.6 Å². The van der Waals surface area contributed by atoms with Crippen LogP contribution in [-0.4, -0.2) is 16.1 Å². The molecule has 3 nitrogen and oxygen atoms in total. The number of imidazole rings is 1. The molecule has 1 atom stereocenters. The molecule has 3 heteroatoms. The third kappa shape index (κ3) is 2.43. The molecule has 1 aromatic heterocycles. The summed E-state index contributed by atoms with van der Waals surface area (Å²) in [5.41, 5.74) is 2.23. The molecule has 2 aromatic carbocycles. The van der Waals surface area contributed by atoms with E-state index in [9.17, 15) is 0 Å². The maximum Gasteiger partial charge on any atom is 0.118 e. The molecule has 2 heterocycles. The van der Waals surface area contributed by atoms with E-state index in [-0.39, 0.29) is 5.92 Å². The van der Waals surface area contributed by atoms with Gasteiger partial charge in [-0.1, -0.05) is 50.3 Å². The number of fused-ring (bicyclic) bond motifs is 2. The Morgan fingerprint density at radius 2 is 1.73 bits per heavy atom. The summed E-state index contributed by atoms with van der Waals surface area (Å²) in [7, 11) is 2.08. The van der Waals surface area contributed by atoms with Gasteiger partial charge in [-0.15, -0.1) is 0 Å². The number of rotatable bonds is 1. The standard InChI is InChI=1S/C17H15N3.C2H6/c1-20-16-9-5-4-8-15(16)19-17(20)13-10-12-6-2-3-7-14(12)18-11-13;1-2/h2-10,13H,11H2,1H3;1-2H3. The lowest BCUT2D eigenvalue weighted by Crippen LogP contribution is -2.30. The first-order valence-electron chi connectivity index (χ1n) is 7.86. The molecule has 0 saturated heterocycles. The molecule has 0 fully saturated rings. The predicted molar refractivity (Wildman–Crippen MR) is 91.4 cm³/mol. The molecule has 1 unspecified atom stereocenters. The zero-order chi connectivity index (χ0) is 15.5. The Morgan fingerprint density at radius 1 is 1.00 bits per heavy atom. The number of aryl methyl sites for hydroxylation is 1. The van der Waals surface area contributed by atoms with Crippen molar-refractivity contribution in [2.45, 2.75) is 19.8 Å². The van der Waals surface area contributed by atoms with E-state index in [1.165, 1.54) is 10.7 Å². The van der Waals surface area contributed by atoms with Gasteiger partial charge in [0.05, 0.1) is 28.9 Å². The smallest absolute Gasteiger partial charge is 0.118 e. The summed E-state index contributed by atoms with van der Waals surface area (Å²) in [4.78, 5) is 9.46. The van der Waals surface area contributed by atoms with Crippen LogP contribution in [0.4, 0.5) is 0 Å². The van der Waals surface area contributed by atoms with Crippen molar-refractivity contribution in [1.29, 1.82) is 0 Å². The fourth-order valence-corrected chi connectivity index (χ4v) is 2.89. The van der Waals surface area contributed by atoms with Gasteiger partial charge in [0, 0.05) is 7.05 Å². The van der Waals surface area contributed by atoms with Crippen LogP contribution in [0.1, 0.15) is 25.6 Å². The van der Waals surface area contributed by atoms with Gasteiger partial charge in [-0.05, 0) is 23.4 Å². The van der Waals surface area contributed by atoms with Gasteiger partial charge in [0.25, 0.3) is 0 Å². The number of aromatic nitrogens is 2. The Labute approximate surface area is 130 Å². The van der Waals surface area contributed by atoms with Crippen molar-refractivity contribution in [3.05, 3.63) is 64.9 Å². The molecular formula is C19H21N3. The van der Waals surface area contributed by atoms with Crippen molar-refractivity contribution in [2.75, 3.05) is 6.54 Å². The molecule has 0 saturated carbocycles. The van der Waals surface area contributed by atoms with Crippen LogP contribution in [0.5, 0.6) is 0 Å². The molecule has 0 radical (unpaired) electrons. The second-order valence-corrected chi connectivity index (χ2v) is 5.19. The van der Waals surface area contributed by atoms with E-state index < -0.39 is 0 Å². The van der Waals surface area contributed by atoms with Crippen LogP contribution >= 0.6 is 0 Å². The lowest BCUT2D eigenvalue weighted by molar-refractivity contribution is 0.731. The van der Waals surface area contributed by atoms with Crippen LogP contribution in [0.2, 0.25) is 0 Å². The first kappa shape index (κ1) is 14.5. The Balaban J connectivity index is 0.000000693. The largest absolute Gasteiger partial charge is 0.331 e. The van der Waals surface area contributed by atoms with Crippen molar-refractivity contribution < 1.29 is 0 Å². The van der Waals surface area contributed by atoms with Gasteiger partial charge in [-0.25, -0.2) is 4.98 Å². The van der Waals surface area contributed by atoms with E-state index in [2.05, 4.69) is 59.1 Å². The third-order valence-electron chi connectivity index (χ3n) is 3.93. The number of nitrogens with zero attached hydrogens (tertiary/aromatic N) is 3. The van der Waals surface area contributed by atoms with E-state index in [0.717, 1.165) is 23.2 Å². The van der Waals surface area contributed by atoms with Gasteiger partial charge in [0.1, 0.15) is 5.82 Å². The fraction of sp³-hybridized carbons (Fsp3) is 0.263. The van der Waals surface area contributed by atoms with Crippen LogP contribution in [0.15, 0.2) is 53.5 Å². The molecule has 1 aliphatic heterocycles. The first-order valence-corrected chi connectivity index (χ1v) is 7.86. The molecule has 0 aliphatic carbocycles. The quantitative estimate of drug-likeness (QED) is 0.678. The lowest BCUT2D eigenvalue weighted by atomic mass is 10.0. The highest BCUT2D eigenvalue weighted by atomic mass is 15.1. The minimum absolute atomic E-state index is 0.252. The summed E-state index contributed by atoms with van der Waals surface area (Å²) < 4.78 is 2.18. The summed E-state index contributed by atoms with van der Waals surface area (Å²) in [6, 6.07) is 16.5. The Morgan fingerprint density at radius 3 is 2.55 bits per heavy atom. The molecule has 22 heavy (non-hydrogen) atoms. The third-order valence-corrected chi connectivity index (χ3v) is 3.93. The second kappa shape index (κ2) is 6.14. The van der Waals surface area contributed by atoms with Crippen molar-refractivity contribution in [2.24, 2.45) is 12.0 Å². The van der Waals surface area contributed by atoms with E-state index in [1.807, 2.05) is 26.0 Å². The predicted octanol–water partition coefficient (Wildman–Crippen LogP) is 2.80. The first-order chi connectivity index (χ1) is 10.8. The summed E-state index contributed by atoms with van der Waals surface area (Å²) in [6.45, 7) is 4.77. The zero-order valence-electron chi connectivity index (χ0n) is 13.3. The monoisotopic (exact) mass is 291 g/mol. The molecule has 112 valence electrons. The second-order valence-electron chi connectivity index (χ2n) is 5.19. The Hall–Kier alpha value is -2.42. The maximum atomic E-state index is 4.78. The summed E-state index contributed by atoms with van der Waals surface area (Å²) in [6.07, 6.45) is 2.28. The van der Waals surface area contributed by atoms with Crippen molar-refractivity contribution in [1.82, 2.24) is 9.55 Å².